The van der Waals surface area contributed by atoms with Crippen molar-refractivity contribution < 1.29 is 85.6 Å². The lowest BCUT2D eigenvalue weighted by atomic mass is 9.63. The number of hydrogen-bond donors (Lipinski definition) is 2. The van der Waals surface area contributed by atoms with Gasteiger partial charge in [0.15, 0.2) is 0 Å². The van der Waals surface area contributed by atoms with Gasteiger partial charge in [0.25, 0.3) is 11.2 Å². The molecule has 2 unspecified atom stereocenters. The van der Waals surface area contributed by atoms with E-state index in [2.05, 4.69) is 17.9 Å². The minimum atomic E-state index is -6.45. The van der Waals surface area contributed by atoms with Gasteiger partial charge in [0.1, 0.15) is 11.2 Å². The van der Waals surface area contributed by atoms with E-state index in [0.29, 0.717) is 6.08 Å². The summed E-state index contributed by atoms with van der Waals surface area (Å²) >= 11 is 0. The van der Waals surface area contributed by atoms with Crippen LogP contribution in [0.1, 0.15) is 40.0 Å². The summed E-state index contributed by atoms with van der Waals surface area (Å²) in [5.41, 5.74) is -13.6. The fourth-order valence-corrected chi connectivity index (χ4v) is 3.94. The number of carbonyl (C=O) groups is 1. The monoisotopic (exact) mass is 638 g/mol. The van der Waals surface area contributed by atoms with Crippen LogP contribution in [-0.4, -0.2) is 63.9 Å². The third-order valence-electron chi connectivity index (χ3n) is 5.97. The molecule has 2 atom stereocenters. The molecule has 0 amide bonds. The van der Waals surface area contributed by atoms with Gasteiger partial charge < -0.3 is 14.9 Å². The Hall–Kier alpha value is -2.18. The molecular formula is C22H25F15O4. The van der Waals surface area contributed by atoms with Gasteiger partial charge in [0, 0.05) is 11.8 Å². The van der Waals surface area contributed by atoms with Gasteiger partial charge in [-0.05, 0) is 46.0 Å². The summed E-state index contributed by atoms with van der Waals surface area (Å²) in [6.07, 6.45) is -34.4. The van der Waals surface area contributed by atoms with Crippen LogP contribution in [0.25, 0.3) is 0 Å². The summed E-state index contributed by atoms with van der Waals surface area (Å²) < 4.78 is 196. The molecule has 0 saturated heterocycles. The molecular weight excluding hydrogens is 613 g/mol. The largest absolute Gasteiger partial charge is 0.456 e. The summed E-state index contributed by atoms with van der Waals surface area (Å²) in [5, 5.41) is 18.8. The SMILES string of the molecule is C=C(C(=O)OC(C)(C)C)C(F)(F)F.C=CC1CC(C(O)(C(F)(F)F)C(F)(F)F)CC(C(O)(C(F)(F)F)C(F)(F)F)C1. The summed E-state index contributed by atoms with van der Waals surface area (Å²) in [5.74, 6) is -9.38. The number of carbonyl (C=O) groups excluding carboxylic acids is 1. The topological polar surface area (TPSA) is 66.8 Å². The Kier molecular flexibility index (Phi) is 11.2. The number of alkyl halides is 15. The van der Waals surface area contributed by atoms with Crippen LogP contribution in [0.15, 0.2) is 24.8 Å². The van der Waals surface area contributed by atoms with E-state index in [4.69, 9.17) is 0 Å². The maximum atomic E-state index is 13.0. The first-order valence-corrected chi connectivity index (χ1v) is 11.0. The van der Waals surface area contributed by atoms with Crippen molar-refractivity contribution in [2.45, 2.75) is 87.7 Å². The summed E-state index contributed by atoms with van der Waals surface area (Å²) in [7, 11) is 0. The molecule has 1 aliphatic carbocycles. The fourth-order valence-electron chi connectivity index (χ4n) is 3.94. The van der Waals surface area contributed by atoms with Gasteiger partial charge in [-0.25, -0.2) is 4.79 Å². The van der Waals surface area contributed by atoms with Crippen LogP contribution < -0.4 is 0 Å². The van der Waals surface area contributed by atoms with Gasteiger partial charge in [-0.3, -0.25) is 0 Å². The maximum absolute atomic E-state index is 13.0. The Morgan fingerprint density at radius 1 is 0.683 bits per heavy atom. The summed E-state index contributed by atoms with van der Waals surface area (Å²) in [4.78, 5) is 10.8. The van der Waals surface area contributed by atoms with Crippen molar-refractivity contribution in [1.29, 1.82) is 0 Å². The first kappa shape index (κ1) is 38.8. The predicted molar refractivity (Wildman–Crippen MR) is 110 cm³/mol. The highest BCUT2D eigenvalue weighted by atomic mass is 19.4. The van der Waals surface area contributed by atoms with E-state index in [1.54, 1.807) is 0 Å². The highest BCUT2D eigenvalue weighted by Gasteiger charge is 2.78. The van der Waals surface area contributed by atoms with Crippen LogP contribution in [0.3, 0.4) is 0 Å². The van der Waals surface area contributed by atoms with Crippen LogP contribution in [0, 0.1) is 17.8 Å². The van der Waals surface area contributed by atoms with Gasteiger partial charge >= 0.3 is 36.9 Å². The number of esters is 1. The number of aliphatic hydroxyl groups is 2. The van der Waals surface area contributed by atoms with E-state index >= 15 is 0 Å². The minimum absolute atomic E-state index is 0.583. The van der Waals surface area contributed by atoms with E-state index in [1.807, 2.05) is 0 Å². The van der Waals surface area contributed by atoms with Gasteiger partial charge in [-0.1, -0.05) is 12.7 Å². The molecule has 1 rings (SSSR count). The second-order valence-electron chi connectivity index (χ2n) is 10.1. The Morgan fingerprint density at radius 3 is 1.17 bits per heavy atom. The second kappa shape index (κ2) is 11.8. The van der Waals surface area contributed by atoms with Crippen molar-refractivity contribution in [2.75, 3.05) is 0 Å². The molecule has 1 saturated carbocycles. The standard InChI is InChI=1S/C14H14F12O2.C8H11F3O2/c1-2-6-3-7(9(27,11(15,16)17)12(18,19)20)5-8(4-6)10(28,13(21,22)23)14(24,25)26;1-5(8(9,10)11)6(12)13-7(2,3)4/h2,6-8,27-28H,1,3-5H2;1H2,2-4H3. The Labute approximate surface area is 222 Å². The molecule has 19 heteroatoms. The van der Waals surface area contributed by atoms with E-state index in [9.17, 15) is 80.9 Å². The highest BCUT2D eigenvalue weighted by molar-refractivity contribution is 5.89. The third kappa shape index (κ3) is 8.67. The van der Waals surface area contributed by atoms with Crippen LogP contribution in [0.5, 0.6) is 0 Å². The predicted octanol–water partition coefficient (Wildman–Crippen LogP) is 7.36. The molecule has 2 N–H and O–H groups in total. The molecule has 242 valence electrons. The minimum Gasteiger partial charge on any atom is -0.456 e. The van der Waals surface area contributed by atoms with Crippen LogP contribution in [0.4, 0.5) is 65.9 Å². The van der Waals surface area contributed by atoms with Crippen molar-refractivity contribution in [1.82, 2.24) is 0 Å². The molecule has 0 bridgehead atoms. The third-order valence-corrected chi connectivity index (χ3v) is 5.97. The van der Waals surface area contributed by atoms with Crippen molar-refractivity contribution in [2.24, 2.45) is 17.8 Å². The maximum Gasteiger partial charge on any atom is 0.426 e. The fraction of sp³-hybridized carbons (Fsp3) is 0.773. The van der Waals surface area contributed by atoms with Crippen LogP contribution in [0.2, 0.25) is 0 Å². The smallest absolute Gasteiger partial charge is 0.426 e. The molecule has 0 radical (unpaired) electrons. The zero-order valence-corrected chi connectivity index (χ0v) is 21.2. The molecule has 1 fully saturated rings. The molecule has 41 heavy (non-hydrogen) atoms. The molecule has 0 aliphatic heterocycles. The summed E-state index contributed by atoms with van der Waals surface area (Å²) in [6.45, 7) is 10.0. The Balaban J connectivity index is 0.00000103. The molecule has 0 heterocycles. The highest BCUT2D eigenvalue weighted by Crippen LogP contribution is 2.58. The second-order valence-corrected chi connectivity index (χ2v) is 10.1. The Bertz CT molecular complexity index is 860. The van der Waals surface area contributed by atoms with Crippen LogP contribution in [-0.2, 0) is 9.53 Å². The van der Waals surface area contributed by atoms with Gasteiger partial charge in [0.2, 0.25) is 0 Å². The first-order chi connectivity index (χ1) is 17.7. The van der Waals surface area contributed by atoms with Crippen molar-refractivity contribution in [3.05, 3.63) is 24.8 Å². The summed E-state index contributed by atoms with van der Waals surface area (Å²) in [6, 6.07) is 0. The van der Waals surface area contributed by atoms with Crippen molar-refractivity contribution in [3.8, 4) is 0 Å². The first-order valence-electron chi connectivity index (χ1n) is 11.0. The number of halogens is 15. The molecule has 0 aromatic rings. The van der Waals surface area contributed by atoms with Gasteiger partial charge in [-0.2, -0.15) is 65.9 Å². The lowest BCUT2D eigenvalue weighted by molar-refractivity contribution is -0.404. The zero-order chi connectivity index (χ0) is 33.4. The number of allylic oxidation sites excluding steroid dienone is 1. The molecule has 0 aromatic heterocycles. The molecule has 4 nitrogen and oxygen atoms in total. The molecule has 0 aromatic carbocycles. The van der Waals surface area contributed by atoms with E-state index in [1.165, 1.54) is 20.8 Å². The number of rotatable bonds is 4. The van der Waals surface area contributed by atoms with Gasteiger partial charge in [0.05, 0.1) is 0 Å². The van der Waals surface area contributed by atoms with Gasteiger partial charge in [-0.15, -0.1) is 6.58 Å². The van der Waals surface area contributed by atoms with E-state index in [-0.39, 0.29) is 0 Å². The van der Waals surface area contributed by atoms with E-state index < -0.39 is 96.2 Å². The number of ether oxygens (including phenoxy) is 1. The van der Waals surface area contributed by atoms with Crippen molar-refractivity contribution in [3.63, 3.8) is 0 Å². The van der Waals surface area contributed by atoms with Crippen molar-refractivity contribution >= 4 is 5.97 Å². The quantitative estimate of drug-likeness (QED) is 0.146. The number of hydrogen-bond acceptors (Lipinski definition) is 4. The normalized spacial score (nSPS) is 21.9. The molecule has 0 spiro atoms. The average Bonchev–Trinajstić information content (AvgIpc) is 2.72. The average molecular weight is 638 g/mol. The zero-order valence-electron chi connectivity index (χ0n) is 21.2. The van der Waals surface area contributed by atoms with Crippen LogP contribution >= 0.6 is 0 Å². The lowest BCUT2D eigenvalue weighted by Gasteiger charge is -2.48. The molecule has 1 aliphatic rings. The van der Waals surface area contributed by atoms with E-state index in [0.717, 1.165) is 0 Å². The Morgan fingerprint density at radius 2 is 0.976 bits per heavy atom. The lowest BCUT2D eigenvalue weighted by Crippen LogP contribution is -2.66.